The lowest BCUT2D eigenvalue weighted by Gasteiger charge is -2.24. The maximum absolute atomic E-state index is 13.0. The number of nitrogens with one attached hydrogen (secondary N) is 1. The number of fused-ring (bicyclic) bond motifs is 1. The Bertz CT molecular complexity index is 685. The summed E-state index contributed by atoms with van der Waals surface area (Å²) in [6.45, 7) is 6.51. The van der Waals surface area contributed by atoms with Crippen LogP contribution >= 0.6 is 0 Å². The Morgan fingerprint density at radius 2 is 1.90 bits per heavy atom. The van der Waals surface area contributed by atoms with Crippen molar-refractivity contribution >= 4 is 5.91 Å². The summed E-state index contributed by atoms with van der Waals surface area (Å²) in [5.41, 5.74) is 0.115. The van der Waals surface area contributed by atoms with Gasteiger partial charge in [0.05, 0.1) is 5.56 Å². The normalized spacial score (nSPS) is 24.8. The maximum Gasteiger partial charge on any atom is 0.416 e. The van der Waals surface area contributed by atoms with Crippen LogP contribution in [-0.4, -0.2) is 29.9 Å². The topological polar surface area (TPSA) is 32.3 Å². The Hall–Kier alpha value is -1.56. The van der Waals surface area contributed by atoms with E-state index in [1.165, 1.54) is 12.1 Å². The summed E-state index contributed by atoms with van der Waals surface area (Å²) in [6, 6.07) is 5.84. The van der Waals surface area contributed by atoms with Crippen LogP contribution in [0.15, 0.2) is 24.3 Å². The fraction of sp³-hybridized carbons (Fsp3) is 0.696. The minimum absolute atomic E-state index is 0.103. The molecule has 3 nitrogen and oxygen atoms in total. The first-order chi connectivity index (χ1) is 13.8. The van der Waals surface area contributed by atoms with Crippen molar-refractivity contribution in [2.75, 3.05) is 13.1 Å². The molecule has 1 saturated heterocycles. The molecule has 0 bridgehead atoms. The van der Waals surface area contributed by atoms with E-state index in [0.29, 0.717) is 23.9 Å². The second-order valence-electron chi connectivity index (χ2n) is 8.78. The number of hydrogen-bond acceptors (Lipinski definition) is 2. The van der Waals surface area contributed by atoms with E-state index in [4.69, 9.17) is 0 Å². The van der Waals surface area contributed by atoms with E-state index < -0.39 is 11.7 Å². The van der Waals surface area contributed by atoms with Crippen molar-refractivity contribution in [2.45, 2.75) is 71.1 Å². The monoisotopic (exact) mass is 410 g/mol. The zero-order chi connectivity index (χ0) is 21.0. The van der Waals surface area contributed by atoms with Crippen molar-refractivity contribution in [3.63, 3.8) is 0 Å². The van der Waals surface area contributed by atoms with Crippen molar-refractivity contribution in [3.05, 3.63) is 35.4 Å². The van der Waals surface area contributed by atoms with Crippen LogP contribution in [0.5, 0.6) is 0 Å². The SMILES string of the molecule is CCCC(CCC)C(=O)NC1CCC2CN(Cc3cccc(C(F)(F)F)c3)CC21. The number of hydrogen-bond donors (Lipinski definition) is 1. The van der Waals surface area contributed by atoms with Crippen molar-refractivity contribution in [2.24, 2.45) is 17.8 Å². The van der Waals surface area contributed by atoms with Gasteiger partial charge in [-0.25, -0.2) is 0 Å². The molecule has 0 radical (unpaired) electrons. The molecule has 29 heavy (non-hydrogen) atoms. The van der Waals surface area contributed by atoms with Gasteiger partial charge in [-0.3, -0.25) is 9.69 Å². The quantitative estimate of drug-likeness (QED) is 0.635. The predicted octanol–water partition coefficient (Wildman–Crippen LogP) is 5.25. The van der Waals surface area contributed by atoms with Crippen LogP contribution in [0.1, 0.15) is 63.5 Å². The second kappa shape index (κ2) is 9.50. The van der Waals surface area contributed by atoms with Crippen molar-refractivity contribution in [1.82, 2.24) is 10.2 Å². The zero-order valence-corrected chi connectivity index (χ0v) is 17.5. The summed E-state index contributed by atoms with van der Waals surface area (Å²) in [4.78, 5) is 15.0. The van der Waals surface area contributed by atoms with E-state index in [2.05, 4.69) is 24.1 Å². The van der Waals surface area contributed by atoms with Gasteiger partial charge in [0.15, 0.2) is 0 Å². The molecule has 1 aliphatic carbocycles. The Labute approximate surface area is 172 Å². The highest BCUT2D eigenvalue weighted by atomic mass is 19.4. The third-order valence-corrected chi connectivity index (χ3v) is 6.57. The number of halogens is 3. The number of carbonyl (C=O) groups excluding carboxylic acids is 1. The third-order valence-electron chi connectivity index (χ3n) is 6.57. The zero-order valence-electron chi connectivity index (χ0n) is 17.5. The lowest BCUT2D eigenvalue weighted by molar-refractivity contribution is -0.137. The lowest BCUT2D eigenvalue weighted by Crippen LogP contribution is -2.42. The van der Waals surface area contributed by atoms with Gasteiger partial charge in [0.25, 0.3) is 0 Å². The molecule has 2 fully saturated rings. The number of amides is 1. The number of benzene rings is 1. The molecule has 6 heteroatoms. The van der Waals surface area contributed by atoms with E-state index in [0.717, 1.165) is 57.7 Å². The molecule has 1 heterocycles. The second-order valence-corrected chi connectivity index (χ2v) is 8.78. The average Bonchev–Trinajstić information content (AvgIpc) is 3.22. The minimum Gasteiger partial charge on any atom is -0.353 e. The van der Waals surface area contributed by atoms with Gasteiger partial charge in [0.2, 0.25) is 5.91 Å². The standard InChI is InChI=1S/C23H33F3N2O/c1-3-6-17(7-4-2)22(29)27-21-11-10-18-14-28(15-20(18)21)13-16-8-5-9-19(12-16)23(24,25)26/h5,8-9,12,17-18,20-21H,3-4,6-7,10-11,13-15H2,1-2H3,(H,27,29). The smallest absolute Gasteiger partial charge is 0.353 e. The molecule has 0 spiro atoms. The highest BCUT2D eigenvalue weighted by molar-refractivity contribution is 5.79. The summed E-state index contributed by atoms with van der Waals surface area (Å²) in [7, 11) is 0. The van der Waals surface area contributed by atoms with Gasteiger partial charge in [-0.15, -0.1) is 0 Å². The van der Waals surface area contributed by atoms with E-state index in [1.807, 2.05) is 0 Å². The molecule has 1 aliphatic heterocycles. The molecule has 1 saturated carbocycles. The van der Waals surface area contributed by atoms with Crippen molar-refractivity contribution in [1.29, 1.82) is 0 Å². The largest absolute Gasteiger partial charge is 0.416 e. The Kier molecular flexibility index (Phi) is 7.25. The number of rotatable bonds is 8. The van der Waals surface area contributed by atoms with Crippen molar-refractivity contribution in [3.8, 4) is 0 Å². The molecule has 3 unspecified atom stereocenters. The highest BCUT2D eigenvalue weighted by Gasteiger charge is 2.43. The van der Waals surface area contributed by atoms with Crippen LogP contribution < -0.4 is 5.32 Å². The number of likely N-dealkylation sites (tertiary alicyclic amines) is 1. The highest BCUT2D eigenvalue weighted by Crippen LogP contribution is 2.39. The first-order valence-electron chi connectivity index (χ1n) is 11.0. The van der Waals surface area contributed by atoms with E-state index in [-0.39, 0.29) is 17.9 Å². The Morgan fingerprint density at radius 3 is 2.55 bits per heavy atom. The van der Waals surface area contributed by atoms with Crippen LogP contribution in [0.4, 0.5) is 13.2 Å². The molecule has 1 N–H and O–H groups in total. The summed E-state index contributed by atoms with van der Waals surface area (Å²) in [5.74, 6) is 1.23. The van der Waals surface area contributed by atoms with Gasteiger partial charge in [-0.2, -0.15) is 13.2 Å². The van der Waals surface area contributed by atoms with Gasteiger partial charge in [0, 0.05) is 31.6 Å². The van der Waals surface area contributed by atoms with Gasteiger partial charge >= 0.3 is 6.18 Å². The van der Waals surface area contributed by atoms with Crippen LogP contribution in [0, 0.1) is 17.8 Å². The summed E-state index contributed by atoms with van der Waals surface area (Å²) in [5, 5.41) is 3.32. The molecule has 162 valence electrons. The fourth-order valence-electron chi connectivity index (χ4n) is 5.17. The number of alkyl halides is 3. The number of carbonyl (C=O) groups is 1. The lowest BCUT2D eigenvalue weighted by atomic mass is 9.94. The molecule has 1 amide bonds. The molecule has 3 rings (SSSR count). The first-order valence-corrected chi connectivity index (χ1v) is 11.0. The summed E-state index contributed by atoms with van der Waals surface area (Å²) < 4.78 is 38.9. The number of nitrogens with zero attached hydrogens (tertiary/aromatic N) is 1. The summed E-state index contributed by atoms with van der Waals surface area (Å²) in [6.07, 6.45) is 1.69. The molecule has 2 aliphatic rings. The van der Waals surface area contributed by atoms with Gasteiger partial charge in [-0.05, 0) is 49.1 Å². The minimum atomic E-state index is -4.31. The van der Waals surface area contributed by atoms with E-state index >= 15 is 0 Å². The summed E-state index contributed by atoms with van der Waals surface area (Å²) >= 11 is 0. The fourth-order valence-corrected chi connectivity index (χ4v) is 5.17. The molecular weight excluding hydrogens is 377 g/mol. The van der Waals surface area contributed by atoms with Crippen LogP contribution in [0.2, 0.25) is 0 Å². The van der Waals surface area contributed by atoms with Gasteiger partial charge in [0.1, 0.15) is 0 Å². The van der Waals surface area contributed by atoms with Crippen LogP contribution in [-0.2, 0) is 17.5 Å². The maximum atomic E-state index is 13.0. The molecule has 3 atom stereocenters. The molecular formula is C23H33F3N2O. The molecule has 1 aromatic carbocycles. The average molecular weight is 411 g/mol. The Morgan fingerprint density at radius 1 is 1.17 bits per heavy atom. The predicted molar refractivity (Wildman–Crippen MR) is 108 cm³/mol. The van der Waals surface area contributed by atoms with Gasteiger partial charge < -0.3 is 5.32 Å². The molecule has 1 aromatic rings. The van der Waals surface area contributed by atoms with Crippen molar-refractivity contribution < 1.29 is 18.0 Å². The van der Waals surface area contributed by atoms with Crippen LogP contribution in [0.3, 0.4) is 0 Å². The first kappa shape index (κ1) is 22.1. The molecule has 0 aromatic heterocycles. The third kappa shape index (κ3) is 5.53. The Balaban J connectivity index is 1.58. The van der Waals surface area contributed by atoms with E-state index in [9.17, 15) is 18.0 Å². The van der Waals surface area contributed by atoms with Crippen LogP contribution in [0.25, 0.3) is 0 Å². The van der Waals surface area contributed by atoms with E-state index in [1.54, 1.807) is 6.07 Å². The van der Waals surface area contributed by atoms with Gasteiger partial charge in [-0.1, -0.05) is 44.9 Å².